The number of hydrogen-bond donors (Lipinski definition) is 0. The highest BCUT2D eigenvalue weighted by Gasteiger charge is 2.22. The second kappa shape index (κ2) is 5.38. The molecule has 20 heavy (non-hydrogen) atoms. The van der Waals surface area contributed by atoms with Crippen LogP contribution in [0.4, 0.5) is 10.1 Å². The van der Waals surface area contributed by atoms with Crippen molar-refractivity contribution < 1.29 is 17.7 Å². The van der Waals surface area contributed by atoms with E-state index >= 15 is 0 Å². The van der Waals surface area contributed by atoms with Crippen LogP contribution in [0.5, 0.6) is 0 Å². The van der Waals surface area contributed by atoms with E-state index in [0.717, 1.165) is 18.2 Å². The van der Waals surface area contributed by atoms with E-state index in [9.17, 15) is 22.9 Å². The maximum Gasteiger partial charge on any atom is 0.276 e. The topological polar surface area (TPSA) is 77.3 Å². The third-order valence-corrected chi connectivity index (χ3v) is 4.37. The highest BCUT2D eigenvalue weighted by atomic mass is 32.2. The molecule has 0 aliphatic carbocycles. The van der Waals surface area contributed by atoms with Gasteiger partial charge in [-0.05, 0) is 24.3 Å². The summed E-state index contributed by atoms with van der Waals surface area (Å²) < 4.78 is 37.3. The monoisotopic (exact) mass is 295 g/mol. The van der Waals surface area contributed by atoms with Gasteiger partial charge in [0.15, 0.2) is 9.84 Å². The van der Waals surface area contributed by atoms with E-state index in [0.29, 0.717) is 0 Å². The molecule has 0 fully saturated rings. The Hall–Kier alpha value is -2.28. The predicted octanol–water partition coefficient (Wildman–Crippen LogP) is 2.71. The predicted molar refractivity (Wildman–Crippen MR) is 70.4 cm³/mol. The van der Waals surface area contributed by atoms with Gasteiger partial charge in [-0.3, -0.25) is 10.1 Å². The van der Waals surface area contributed by atoms with Crippen LogP contribution >= 0.6 is 0 Å². The molecule has 0 N–H and O–H groups in total. The number of hydrogen-bond acceptors (Lipinski definition) is 4. The lowest BCUT2D eigenvalue weighted by Crippen LogP contribution is -2.07. The zero-order valence-electron chi connectivity index (χ0n) is 10.2. The molecular formula is C13H10FNO4S. The van der Waals surface area contributed by atoms with Crippen molar-refractivity contribution in [3.05, 3.63) is 70.0 Å². The fraction of sp³-hybridized carbons (Fsp3) is 0.0769. The van der Waals surface area contributed by atoms with Crippen molar-refractivity contribution in [2.24, 2.45) is 0 Å². The number of halogens is 1. The van der Waals surface area contributed by atoms with Crippen molar-refractivity contribution in [2.75, 3.05) is 0 Å². The van der Waals surface area contributed by atoms with E-state index in [1.807, 2.05) is 0 Å². The Morgan fingerprint density at radius 2 is 1.75 bits per heavy atom. The molecule has 7 heteroatoms. The normalized spacial score (nSPS) is 11.2. The van der Waals surface area contributed by atoms with E-state index in [2.05, 4.69) is 0 Å². The lowest BCUT2D eigenvalue weighted by atomic mass is 10.2. The van der Waals surface area contributed by atoms with Crippen molar-refractivity contribution in [1.82, 2.24) is 0 Å². The maximum absolute atomic E-state index is 13.0. The molecule has 2 aromatic carbocycles. The van der Waals surface area contributed by atoms with Gasteiger partial charge < -0.3 is 0 Å². The first-order valence-electron chi connectivity index (χ1n) is 5.61. The third-order valence-electron chi connectivity index (χ3n) is 2.69. The summed E-state index contributed by atoms with van der Waals surface area (Å²) in [6, 6.07) is 10.4. The van der Waals surface area contributed by atoms with Crippen LogP contribution in [0, 0.1) is 15.9 Å². The Morgan fingerprint density at radius 3 is 2.35 bits per heavy atom. The molecule has 0 spiro atoms. The zero-order chi connectivity index (χ0) is 14.8. The number of nitro benzene ring substituents is 1. The summed E-state index contributed by atoms with van der Waals surface area (Å²) in [6.07, 6.45) is 0. The highest BCUT2D eigenvalue weighted by Crippen LogP contribution is 2.24. The standard InChI is InChI=1S/C13H10FNO4S/c14-11-7-6-10(13(8-11)15(16)17)9-20(18,19)12-4-2-1-3-5-12/h1-8H,9H2. The van der Waals surface area contributed by atoms with Crippen molar-refractivity contribution in [3.63, 3.8) is 0 Å². The molecule has 0 aromatic heterocycles. The molecule has 0 aliphatic rings. The smallest absolute Gasteiger partial charge is 0.258 e. The lowest BCUT2D eigenvalue weighted by molar-refractivity contribution is -0.385. The zero-order valence-corrected chi connectivity index (χ0v) is 11.0. The Morgan fingerprint density at radius 1 is 1.10 bits per heavy atom. The molecule has 0 saturated heterocycles. The maximum atomic E-state index is 13.0. The van der Waals surface area contributed by atoms with Crippen LogP contribution in [0.3, 0.4) is 0 Å². The van der Waals surface area contributed by atoms with Crippen molar-refractivity contribution >= 4 is 15.5 Å². The summed E-state index contributed by atoms with van der Waals surface area (Å²) in [5, 5.41) is 10.8. The van der Waals surface area contributed by atoms with E-state index in [4.69, 9.17) is 0 Å². The van der Waals surface area contributed by atoms with Crippen LogP contribution in [0.25, 0.3) is 0 Å². The SMILES string of the molecule is O=[N+]([O-])c1cc(F)ccc1CS(=O)(=O)c1ccccc1. The van der Waals surface area contributed by atoms with Crippen molar-refractivity contribution in [3.8, 4) is 0 Å². The summed E-state index contributed by atoms with van der Waals surface area (Å²) in [5.74, 6) is -1.33. The van der Waals surface area contributed by atoms with Crippen LogP contribution in [-0.4, -0.2) is 13.3 Å². The average molecular weight is 295 g/mol. The molecule has 0 radical (unpaired) electrons. The Kier molecular flexibility index (Phi) is 3.80. The quantitative estimate of drug-likeness (QED) is 0.642. The minimum Gasteiger partial charge on any atom is -0.258 e. The van der Waals surface area contributed by atoms with Gasteiger partial charge in [0.25, 0.3) is 5.69 Å². The van der Waals surface area contributed by atoms with E-state index in [1.165, 1.54) is 12.1 Å². The first kappa shape index (κ1) is 14.1. The van der Waals surface area contributed by atoms with Crippen molar-refractivity contribution in [1.29, 1.82) is 0 Å². The van der Waals surface area contributed by atoms with E-state index < -0.39 is 32.0 Å². The van der Waals surface area contributed by atoms with Crippen LogP contribution < -0.4 is 0 Å². The van der Waals surface area contributed by atoms with Crippen LogP contribution in [0.2, 0.25) is 0 Å². The van der Waals surface area contributed by atoms with Gasteiger partial charge in [-0.2, -0.15) is 0 Å². The van der Waals surface area contributed by atoms with Gasteiger partial charge in [0, 0.05) is 5.56 Å². The van der Waals surface area contributed by atoms with E-state index in [-0.39, 0.29) is 10.5 Å². The fourth-order valence-electron chi connectivity index (χ4n) is 1.74. The average Bonchev–Trinajstić information content (AvgIpc) is 2.41. The van der Waals surface area contributed by atoms with Crippen molar-refractivity contribution in [2.45, 2.75) is 10.6 Å². The molecule has 2 rings (SSSR count). The molecule has 0 bridgehead atoms. The van der Waals surface area contributed by atoms with Crippen LogP contribution in [-0.2, 0) is 15.6 Å². The van der Waals surface area contributed by atoms with Gasteiger partial charge in [0.1, 0.15) is 5.82 Å². The Balaban J connectivity index is 2.43. The second-order valence-corrected chi connectivity index (χ2v) is 6.09. The molecule has 104 valence electrons. The number of rotatable bonds is 4. The van der Waals surface area contributed by atoms with Gasteiger partial charge in [0.05, 0.1) is 21.6 Å². The van der Waals surface area contributed by atoms with Crippen LogP contribution in [0.15, 0.2) is 53.4 Å². The van der Waals surface area contributed by atoms with E-state index in [1.54, 1.807) is 18.2 Å². The number of nitro groups is 1. The van der Waals surface area contributed by atoms with Gasteiger partial charge in [-0.1, -0.05) is 18.2 Å². The molecule has 0 saturated carbocycles. The summed E-state index contributed by atoms with van der Waals surface area (Å²) in [7, 11) is -3.71. The lowest BCUT2D eigenvalue weighted by Gasteiger charge is -2.05. The third kappa shape index (κ3) is 3.00. The van der Waals surface area contributed by atoms with Gasteiger partial charge in [-0.25, -0.2) is 12.8 Å². The minimum absolute atomic E-state index is 0.0414. The molecule has 0 aliphatic heterocycles. The van der Waals surface area contributed by atoms with Gasteiger partial charge in [-0.15, -0.1) is 0 Å². The largest absolute Gasteiger partial charge is 0.276 e. The molecule has 5 nitrogen and oxygen atoms in total. The highest BCUT2D eigenvalue weighted by molar-refractivity contribution is 7.90. The molecule has 0 heterocycles. The summed E-state index contributed by atoms with van der Waals surface area (Å²) in [5.41, 5.74) is -0.579. The fourth-order valence-corrected chi connectivity index (χ4v) is 3.14. The molecule has 0 amide bonds. The minimum atomic E-state index is -3.71. The molecule has 0 unspecified atom stereocenters. The summed E-state index contributed by atoms with van der Waals surface area (Å²) >= 11 is 0. The Labute approximate surface area is 114 Å². The first-order valence-corrected chi connectivity index (χ1v) is 7.26. The number of benzene rings is 2. The van der Waals surface area contributed by atoms with Crippen LogP contribution in [0.1, 0.15) is 5.56 Å². The summed E-state index contributed by atoms with van der Waals surface area (Å²) in [4.78, 5) is 10.1. The van der Waals surface area contributed by atoms with Gasteiger partial charge >= 0.3 is 0 Å². The number of sulfone groups is 1. The van der Waals surface area contributed by atoms with Gasteiger partial charge in [0.2, 0.25) is 0 Å². The molecular weight excluding hydrogens is 285 g/mol. The Bertz CT molecular complexity index is 744. The first-order chi connectivity index (χ1) is 9.40. The molecule has 2 aromatic rings. The second-order valence-electron chi connectivity index (χ2n) is 4.10. The number of nitrogens with zero attached hydrogens (tertiary/aromatic N) is 1. The summed E-state index contributed by atoms with van der Waals surface area (Å²) in [6.45, 7) is 0. The molecule has 0 atom stereocenters.